The average molecular weight is 404 g/mol. The van der Waals surface area contributed by atoms with E-state index in [-0.39, 0.29) is 11.6 Å². The lowest BCUT2D eigenvalue weighted by Crippen LogP contribution is -2.24. The van der Waals surface area contributed by atoms with E-state index in [2.05, 4.69) is 15.1 Å². The Morgan fingerprint density at radius 3 is 2.57 bits per heavy atom. The Hall–Kier alpha value is -4.07. The van der Waals surface area contributed by atoms with Crippen molar-refractivity contribution in [3.05, 3.63) is 72.9 Å². The first-order valence-corrected chi connectivity index (χ1v) is 9.06. The number of amides is 1. The highest BCUT2D eigenvalue weighted by Crippen LogP contribution is 2.43. The molecule has 0 aliphatic carbocycles. The molecule has 0 saturated carbocycles. The van der Waals surface area contributed by atoms with Crippen LogP contribution in [-0.2, 0) is 4.79 Å². The highest BCUT2D eigenvalue weighted by Gasteiger charge is 2.30. The third kappa shape index (κ3) is 3.39. The quantitative estimate of drug-likeness (QED) is 0.482. The van der Waals surface area contributed by atoms with E-state index in [4.69, 9.17) is 9.26 Å². The van der Waals surface area contributed by atoms with Crippen molar-refractivity contribution in [1.29, 1.82) is 0 Å². The molecule has 0 atom stereocenters. The summed E-state index contributed by atoms with van der Waals surface area (Å²) in [5.74, 6) is -0.408. The Kier molecular flexibility index (Phi) is 5.21. The number of benzene rings is 2. The van der Waals surface area contributed by atoms with Crippen molar-refractivity contribution < 1.29 is 18.4 Å². The van der Waals surface area contributed by atoms with Crippen molar-refractivity contribution in [3.63, 3.8) is 0 Å². The molecule has 0 radical (unpaired) electrons. The van der Waals surface area contributed by atoms with Crippen LogP contribution < -0.4 is 9.64 Å². The Morgan fingerprint density at radius 1 is 1.10 bits per heavy atom. The molecule has 0 aliphatic rings. The molecule has 0 bridgehead atoms. The molecule has 8 heteroatoms. The number of methoxy groups -OCH3 is 1. The molecule has 0 saturated heterocycles. The lowest BCUT2D eigenvalue weighted by Gasteiger charge is -2.19. The van der Waals surface area contributed by atoms with Gasteiger partial charge in [0.1, 0.15) is 23.6 Å². The first kappa shape index (κ1) is 19.3. The van der Waals surface area contributed by atoms with Crippen molar-refractivity contribution in [1.82, 2.24) is 15.1 Å². The van der Waals surface area contributed by atoms with Crippen molar-refractivity contribution in [2.45, 2.75) is 6.92 Å². The van der Waals surface area contributed by atoms with Crippen LogP contribution in [0.5, 0.6) is 5.75 Å². The molecule has 30 heavy (non-hydrogen) atoms. The minimum Gasteiger partial charge on any atom is -0.496 e. The van der Waals surface area contributed by atoms with E-state index < -0.39 is 11.7 Å². The molecule has 4 rings (SSSR count). The van der Waals surface area contributed by atoms with Crippen molar-refractivity contribution >= 4 is 17.5 Å². The maximum Gasteiger partial charge on any atom is 0.248 e. The van der Waals surface area contributed by atoms with Crippen molar-refractivity contribution in [3.8, 4) is 28.3 Å². The molecule has 2 aromatic heterocycles. The molecule has 0 fully saturated rings. The molecule has 7 nitrogen and oxygen atoms in total. The molecular formula is C22H17FN4O3. The first-order valence-electron chi connectivity index (χ1n) is 9.06. The van der Waals surface area contributed by atoms with Gasteiger partial charge in [-0.1, -0.05) is 29.4 Å². The van der Waals surface area contributed by atoms with E-state index in [1.54, 1.807) is 37.6 Å². The number of carbonyl (C=O) groups excluding carboxylic acids is 1. The van der Waals surface area contributed by atoms with Crippen molar-refractivity contribution in [2.24, 2.45) is 0 Å². The molecule has 2 heterocycles. The van der Waals surface area contributed by atoms with Crippen LogP contribution in [0, 0.1) is 5.82 Å². The Labute approximate surface area is 171 Å². The van der Waals surface area contributed by atoms with Gasteiger partial charge in [0.2, 0.25) is 11.8 Å². The second-order valence-electron chi connectivity index (χ2n) is 6.31. The predicted molar refractivity (Wildman–Crippen MR) is 109 cm³/mol. The molecule has 1 amide bonds. The van der Waals surface area contributed by atoms with Gasteiger partial charge < -0.3 is 9.26 Å². The Morgan fingerprint density at radius 2 is 1.87 bits per heavy atom. The van der Waals surface area contributed by atoms with Crippen LogP contribution in [0.4, 0.5) is 16.0 Å². The fraction of sp³-hybridized carbons (Fsp3) is 0.0909. The smallest absolute Gasteiger partial charge is 0.248 e. The molecule has 0 N–H and O–H groups in total. The van der Waals surface area contributed by atoms with Gasteiger partial charge in [-0.2, -0.15) is 0 Å². The van der Waals surface area contributed by atoms with Gasteiger partial charge >= 0.3 is 0 Å². The van der Waals surface area contributed by atoms with Crippen LogP contribution in [0.3, 0.4) is 0 Å². The van der Waals surface area contributed by atoms with E-state index >= 15 is 0 Å². The SMILES string of the molecule is COc1ccccc1-c1noc(N(C(C)=O)c2ccccc2F)c1-c1ccncn1. The standard InChI is InChI=1S/C22H17FN4O3/c1-14(28)27(18-9-5-4-8-16(18)23)22-20(17-11-12-24-13-25-17)21(26-30-22)15-7-3-6-10-19(15)29-2/h3-13H,1-2H3. The minimum atomic E-state index is -0.573. The zero-order valence-electron chi connectivity index (χ0n) is 16.2. The molecule has 0 spiro atoms. The fourth-order valence-electron chi connectivity index (χ4n) is 3.18. The average Bonchev–Trinajstić information content (AvgIpc) is 3.20. The number of rotatable bonds is 5. The summed E-state index contributed by atoms with van der Waals surface area (Å²) in [6.45, 7) is 1.32. The summed E-state index contributed by atoms with van der Waals surface area (Å²) in [6.07, 6.45) is 2.94. The van der Waals surface area contributed by atoms with E-state index in [0.717, 1.165) is 4.90 Å². The number of aromatic nitrogens is 3. The molecule has 4 aromatic rings. The summed E-state index contributed by atoms with van der Waals surface area (Å²) in [7, 11) is 1.55. The summed E-state index contributed by atoms with van der Waals surface area (Å²) >= 11 is 0. The number of hydrogen-bond acceptors (Lipinski definition) is 6. The zero-order valence-corrected chi connectivity index (χ0v) is 16.2. The number of ether oxygens (including phenoxy) is 1. The molecule has 0 aliphatic heterocycles. The van der Waals surface area contributed by atoms with Crippen molar-refractivity contribution in [2.75, 3.05) is 12.0 Å². The normalized spacial score (nSPS) is 10.6. The van der Waals surface area contributed by atoms with Crippen LogP contribution in [0.2, 0.25) is 0 Å². The molecule has 2 aromatic carbocycles. The summed E-state index contributed by atoms with van der Waals surface area (Å²) in [6, 6.07) is 14.9. The van der Waals surface area contributed by atoms with E-state index in [1.165, 1.54) is 25.4 Å². The van der Waals surface area contributed by atoms with Crippen LogP contribution in [0.25, 0.3) is 22.5 Å². The third-order valence-electron chi connectivity index (χ3n) is 4.49. The topological polar surface area (TPSA) is 81.4 Å². The Bertz CT molecular complexity index is 1190. The van der Waals surface area contributed by atoms with Gasteiger partial charge in [0.15, 0.2) is 0 Å². The largest absolute Gasteiger partial charge is 0.496 e. The summed E-state index contributed by atoms with van der Waals surface area (Å²) < 4.78 is 25.6. The van der Waals surface area contributed by atoms with E-state index in [1.807, 2.05) is 18.2 Å². The number of carbonyl (C=O) groups is 1. The van der Waals surface area contributed by atoms with Crippen LogP contribution in [0.15, 0.2) is 71.6 Å². The second kappa shape index (κ2) is 8.12. The molecular weight excluding hydrogens is 387 g/mol. The van der Waals surface area contributed by atoms with E-state index in [9.17, 15) is 9.18 Å². The number of hydrogen-bond donors (Lipinski definition) is 0. The predicted octanol–water partition coefficient (Wildman–Crippen LogP) is 4.63. The number of anilines is 2. The highest BCUT2D eigenvalue weighted by molar-refractivity contribution is 6.03. The van der Waals surface area contributed by atoms with Crippen LogP contribution >= 0.6 is 0 Å². The fourth-order valence-corrected chi connectivity index (χ4v) is 3.18. The number of nitrogens with zero attached hydrogens (tertiary/aromatic N) is 4. The van der Waals surface area contributed by atoms with Gasteiger partial charge in [0, 0.05) is 18.7 Å². The van der Waals surface area contributed by atoms with Gasteiger partial charge in [0.25, 0.3) is 0 Å². The maximum absolute atomic E-state index is 14.6. The van der Waals surface area contributed by atoms with Crippen LogP contribution in [0.1, 0.15) is 6.92 Å². The van der Waals surface area contributed by atoms with Gasteiger partial charge in [-0.3, -0.25) is 4.79 Å². The molecule has 0 unspecified atom stereocenters. The minimum absolute atomic E-state index is 0.0445. The first-order chi connectivity index (χ1) is 14.6. The zero-order chi connectivity index (χ0) is 21.1. The lowest BCUT2D eigenvalue weighted by atomic mass is 10.0. The summed E-state index contributed by atoms with van der Waals surface area (Å²) in [5, 5.41) is 4.20. The third-order valence-corrected chi connectivity index (χ3v) is 4.49. The highest BCUT2D eigenvalue weighted by atomic mass is 19.1. The van der Waals surface area contributed by atoms with Gasteiger partial charge in [-0.05, 0) is 30.3 Å². The number of halogens is 1. The Balaban J connectivity index is 2.00. The lowest BCUT2D eigenvalue weighted by molar-refractivity contribution is -0.116. The van der Waals surface area contributed by atoms with Gasteiger partial charge in [-0.25, -0.2) is 19.3 Å². The number of para-hydroxylation sites is 2. The van der Waals surface area contributed by atoms with Gasteiger partial charge in [0.05, 0.1) is 24.1 Å². The maximum atomic E-state index is 14.6. The van der Waals surface area contributed by atoms with E-state index in [0.29, 0.717) is 28.3 Å². The van der Waals surface area contributed by atoms with Crippen LogP contribution in [-0.4, -0.2) is 28.1 Å². The van der Waals surface area contributed by atoms with Gasteiger partial charge in [-0.15, -0.1) is 0 Å². The summed E-state index contributed by atoms with van der Waals surface area (Å²) in [5.41, 5.74) is 1.97. The molecule has 150 valence electrons. The monoisotopic (exact) mass is 404 g/mol. The second-order valence-corrected chi connectivity index (χ2v) is 6.31. The summed E-state index contributed by atoms with van der Waals surface area (Å²) in [4.78, 5) is 21.9.